The molecule has 4 heteroatoms. The maximum atomic E-state index is 11.6. The molecule has 0 aromatic rings. The molecule has 0 aromatic heterocycles. The molecule has 106 valence electrons. The van der Waals surface area contributed by atoms with E-state index in [0.717, 1.165) is 32.1 Å². The molecule has 0 heterocycles. The van der Waals surface area contributed by atoms with Gasteiger partial charge >= 0.3 is 0 Å². The molecule has 1 fully saturated rings. The van der Waals surface area contributed by atoms with E-state index in [9.17, 15) is 9.90 Å². The Bertz CT molecular complexity index is 237. The van der Waals surface area contributed by atoms with E-state index in [0.29, 0.717) is 26.2 Å². The molecule has 1 amide bonds. The Hall–Kier alpha value is -0.610. The minimum atomic E-state index is -0.0712. The van der Waals surface area contributed by atoms with Crippen LogP contribution in [0, 0.1) is 5.41 Å². The molecule has 1 rings (SSSR count). The SMILES string of the molecule is CCCOCCC(=O)NCC1(CO)CCCCC1. The molecular weight excluding hydrogens is 230 g/mol. The lowest BCUT2D eigenvalue weighted by molar-refractivity contribution is -0.123. The van der Waals surface area contributed by atoms with Gasteiger partial charge in [0.15, 0.2) is 0 Å². The quantitative estimate of drug-likeness (QED) is 0.653. The predicted molar refractivity (Wildman–Crippen MR) is 71.3 cm³/mol. The van der Waals surface area contributed by atoms with E-state index in [4.69, 9.17) is 4.74 Å². The molecule has 0 unspecified atom stereocenters. The molecular formula is C14H27NO3. The van der Waals surface area contributed by atoms with Crippen molar-refractivity contribution >= 4 is 5.91 Å². The van der Waals surface area contributed by atoms with E-state index in [1.165, 1.54) is 6.42 Å². The van der Waals surface area contributed by atoms with Crippen molar-refractivity contribution < 1.29 is 14.6 Å². The zero-order valence-corrected chi connectivity index (χ0v) is 11.5. The molecule has 0 bridgehead atoms. The van der Waals surface area contributed by atoms with Crippen molar-refractivity contribution in [1.82, 2.24) is 5.32 Å². The highest BCUT2D eigenvalue weighted by Gasteiger charge is 2.31. The summed E-state index contributed by atoms with van der Waals surface area (Å²) >= 11 is 0. The number of nitrogens with one attached hydrogen (secondary N) is 1. The van der Waals surface area contributed by atoms with Gasteiger partial charge in [0.05, 0.1) is 13.2 Å². The number of ether oxygens (including phenoxy) is 1. The van der Waals surface area contributed by atoms with Crippen LogP contribution in [0.4, 0.5) is 0 Å². The van der Waals surface area contributed by atoms with Crippen LogP contribution in [0.2, 0.25) is 0 Å². The lowest BCUT2D eigenvalue weighted by atomic mass is 9.74. The van der Waals surface area contributed by atoms with Crippen molar-refractivity contribution in [3.63, 3.8) is 0 Å². The number of carbonyl (C=O) groups is 1. The van der Waals surface area contributed by atoms with Crippen molar-refractivity contribution in [2.75, 3.05) is 26.4 Å². The summed E-state index contributed by atoms with van der Waals surface area (Å²) < 4.78 is 5.29. The first-order valence-electron chi connectivity index (χ1n) is 7.18. The lowest BCUT2D eigenvalue weighted by Crippen LogP contribution is -2.41. The van der Waals surface area contributed by atoms with E-state index in [1.807, 2.05) is 6.92 Å². The van der Waals surface area contributed by atoms with E-state index < -0.39 is 0 Å². The smallest absolute Gasteiger partial charge is 0.222 e. The van der Waals surface area contributed by atoms with Crippen LogP contribution in [0.3, 0.4) is 0 Å². The van der Waals surface area contributed by atoms with Crippen molar-refractivity contribution in [3.8, 4) is 0 Å². The van der Waals surface area contributed by atoms with Gasteiger partial charge in [-0.1, -0.05) is 26.2 Å². The third kappa shape index (κ3) is 5.36. The summed E-state index contributed by atoms with van der Waals surface area (Å²) in [4.78, 5) is 11.6. The second kappa shape index (κ2) is 8.48. The number of hydrogen-bond acceptors (Lipinski definition) is 3. The molecule has 0 aliphatic heterocycles. The summed E-state index contributed by atoms with van der Waals surface area (Å²) in [5.41, 5.74) is -0.0712. The molecule has 0 radical (unpaired) electrons. The molecule has 0 spiro atoms. The Labute approximate surface area is 110 Å². The van der Waals surface area contributed by atoms with E-state index >= 15 is 0 Å². The zero-order chi connectivity index (χ0) is 13.3. The summed E-state index contributed by atoms with van der Waals surface area (Å²) in [6, 6.07) is 0. The standard InChI is InChI=1S/C14H27NO3/c1-2-9-18-10-6-13(17)15-11-14(12-16)7-4-3-5-8-14/h16H,2-12H2,1H3,(H,15,17). The Balaban J connectivity index is 2.19. The molecule has 18 heavy (non-hydrogen) atoms. The third-order valence-corrected chi connectivity index (χ3v) is 3.73. The van der Waals surface area contributed by atoms with E-state index in [1.54, 1.807) is 0 Å². The zero-order valence-electron chi connectivity index (χ0n) is 11.5. The Kier molecular flexibility index (Phi) is 7.28. The number of aliphatic hydroxyl groups is 1. The lowest BCUT2D eigenvalue weighted by Gasteiger charge is -2.35. The highest BCUT2D eigenvalue weighted by Crippen LogP contribution is 2.35. The molecule has 4 nitrogen and oxygen atoms in total. The number of carbonyl (C=O) groups excluding carboxylic acids is 1. The van der Waals surface area contributed by atoms with Crippen LogP contribution in [-0.4, -0.2) is 37.4 Å². The largest absolute Gasteiger partial charge is 0.396 e. The van der Waals surface area contributed by atoms with Crippen LogP contribution in [0.15, 0.2) is 0 Å². The van der Waals surface area contributed by atoms with Gasteiger partial charge in [0.1, 0.15) is 0 Å². The summed E-state index contributed by atoms with van der Waals surface area (Å²) in [6.07, 6.45) is 7.02. The van der Waals surface area contributed by atoms with Crippen LogP contribution >= 0.6 is 0 Å². The van der Waals surface area contributed by atoms with E-state index in [2.05, 4.69) is 5.32 Å². The molecule has 0 aromatic carbocycles. The highest BCUT2D eigenvalue weighted by molar-refractivity contribution is 5.76. The molecule has 1 aliphatic rings. The summed E-state index contributed by atoms with van der Waals surface area (Å²) in [5.74, 6) is 0.0319. The summed E-state index contributed by atoms with van der Waals surface area (Å²) in [5, 5.41) is 12.5. The maximum Gasteiger partial charge on any atom is 0.222 e. The second-order valence-electron chi connectivity index (χ2n) is 5.36. The fraction of sp³-hybridized carbons (Fsp3) is 0.929. The van der Waals surface area contributed by atoms with Gasteiger partial charge in [-0.05, 0) is 19.3 Å². The van der Waals surface area contributed by atoms with Gasteiger partial charge in [-0.25, -0.2) is 0 Å². The molecule has 0 atom stereocenters. The van der Waals surface area contributed by atoms with Crippen LogP contribution in [0.25, 0.3) is 0 Å². The summed E-state index contributed by atoms with van der Waals surface area (Å²) in [7, 11) is 0. The maximum absolute atomic E-state index is 11.6. The summed E-state index contributed by atoms with van der Waals surface area (Å²) in [6.45, 7) is 4.05. The first kappa shape index (κ1) is 15.4. The molecule has 0 saturated heterocycles. The number of hydrogen-bond donors (Lipinski definition) is 2. The van der Waals surface area contributed by atoms with Crippen LogP contribution in [-0.2, 0) is 9.53 Å². The third-order valence-electron chi connectivity index (χ3n) is 3.73. The van der Waals surface area contributed by atoms with Crippen LogP contribution in [0.5, 0.6) is 0 Å². The topological polar surface area (TPSA) is 58.6 Å². The van der Waals surface area contributed by atoms with E-state index in [-0.39, 0.29) is 17.9 Å². The van der Waals surface area contributed by atoms with Gasteiger partial charge in [0.2, 0.25) is 5.91 Å². The van der Waals surface area contributed by atoms with Crippen molar-refractivity contribution in [2.45, 2.75) is 51.9 Å². The highest BCUT2D eigenvalue weighted by atomic mass is 16.5. The van der Waals surface area contributed by atoms with Crippen LogP contribution in [0.1, 0.15) is 51.9 Å². The van der Waals surface area contributed by atoms with Gasteiger partial charge in [-0.3, -0.25) is 4.79 Å². The molecule has 1 aliphatic carbocycles. The van der Waals surface area contributed by atoms with Gasteiger partial charge in [0.25, 0.3) is 0 Å². The average molecular weight is 257 g/mol. The Morgan fingerprint density at radius 3 is 2.61 bits per heavy atom. The number of aliphatic hydroxyl groups excluding tert-OH is 1. The Morgan fingerprint density at radius 1 is 1.28 bits per heavy atom. The number of amides is 1. The molecule has 2 N–H and O–H groups in total. The Morgan fingerprint density at radius 2 is 2.00 bits per heavy atom. The second-order valence-corrected chi connectivity index (χ2v) is 5.36. The van der Waals surface area contributed by atoms with Crippen LogP contribution < -0.4 is 5.32 Å². The van der Waals surface area contributed by atoms with Gasteiger partial charge in [0, 0.05) is 25.0 Å². The van der Waals surface area contributed by atoms with Crippen molar-refractivity contribution in [3.05, 3.63) is 0 Å². The predicted octanol–water partition coefficient (Wildman–Crippen LogP) is 1.86. The van der Waals surface area contributed by atoms with Gasteiger partial charge in [-0.2, -0.15) is 0 Å². The minimum absolute atomic E-state index is 0.0319. The first-order chi connectivity index (χ1) is 8.72. The van der Waals surface area contributed by atoms with Crippen molar-refractivity contribution in [2.24, 2.45) is 5.41 Å². The fourth-order valence-electron chi connectivity index (χ4n) is 2.48. The van der Waals surface area contributed by atoms with Crippen molar-refractivity contribution in [1.29, 1.82) is 0 Å². The monoisotopic (exact) mass is 257 g/mol. The number of rotatable bonds is 8. The first-order valence-corrected chi connectivity index (χ1v) is 7.18. The fourth-order valence-corrected chi connectivity index (χ4v) is 2.48. The average Bonchev–Trinajstić information content (AvgIpc) is 2.42. The normalized spacial score (nSPS) is 18.6. The molecule has 1 saturated carbocycles. The minimum Gasteiger partial charge on any atom is -0.396 e. The van der Waals surface area contributed by atoms with Gasteiger partial charge < -0.3 is 15.2 Å². The van der Waals surface area contributed by atoms with Gasteiger partial charge in [-0.15, -0.1) is 0 Å².